The van der Waals surface area contributed by atoms with E-state index in [1.165, 1.54) is 0 Å². The molecular weight excluding hydrogens is 170 g/mol. The fraction of sp³-hybridized carbons (Fsp3) is 0.778. The maximum Gasteiger partial charge on any atom is 0.347 e. The van der Waals surface area contributed by atoms with E-state index in [9.17, 15) is 4.79 Å². The molecule has 0 aliphatic heterocycles. The SMILES string of the molecule is CCCC[C@H](ON=C(C)C)C(=O)O. The lowest BCUT2D eigenvalue weighted by Gasteiger charge is -2.09. The first kappa shape index (κ1) is 11.9. The minimum atomic E-state index is -0.946. The third-order valence-electron chi connectivity index (χ3n) is 1.46. The van der Waals surface area contributed by atoms with E-state index in [1.54, 1.807) is 13.8 Å². The van der Waals surface area contributed by atoms with E-state index in [1.807, 2.05) is 6.92 Å². The summed E-state index contributed by atoms with van der Waals surface area (Å²) >= 11 is 0. The molecule has 4 nitrogen and oxygen atoms in total. The Morgan fingerprint density at radius 3 is 2.54 bits per heavy atom. The minimum absolute atomic E-state index is 0.516. The maximum absolute atomic E-state index is 10.6. The Labute approximate surface area is 78.6 Å². The van der Waals surface area contributed by atoms with E-state index in [0.717, 1.165) is 18.6 Å². The topological polar surface area (TPSA) is 58.9 Å². The number of carbonyl (C=O) groups is 1. The Bertz CT molecular complexity index is 185. The monoisotopic (exact) mass is 187 g/mol. The predicted octanol–water partition coefficient (Wildman–Crippen LogP) is 2.04. The number of hydrogen-bond acceptors (Lipinski definition) is 3. The highest BCUT2D eigenvalue weighted by atomic mass is 16.6. The van der Waals surface area contributed by atoms with Crippen LogP contribution in [0.25, 0.3) is 0 Å². The van der Waals surface area contributed by atoms with Gasteiger partial charge in [0.2, 0.25) is 6.10 Å². The molecule has 0 aromatic heterocycles. The predicted molar refractivity (Wildman–Crippen MR) is 50.8 cm³/mol. The molecule has 4 heteroatoms. The summed E-state index contributed by atoms with van der Waals surface area (Å²) < 4.78 is 0. The summed E-state index contributed by atoms with van der Waals surface area (Å²) in [7, 11) is 0. The van der Waals surface area contributed by atoms with Crippen LogP contribution in [0, 0.1) is 0 Å². The molecule has 0 saturated carbocycles. The summed E-state index contributed by atoms with van der Waals surface area (Å²) in [6.07, 6.45) is 1.52. The van der Waals surface area contributed by atoms with Crippen LogP contribution in [0.2, 0.25) is 0 Å². The highest BCUT2D eigenvalue weighted by Crippen LogP contribution is 2.05. The van der Waals surface area contributed by atoms with E-state index in [2.05, 4.69) is 5.16 Å². The molecule has 0 rings (SSSR count). The smallest absolute Gasteiger partial charge is 0.347 e. The van der Waals surface area contributed by atoms with Crippen LogP contribution in [-0.4, -0.2) is 22.9 Å². The second kappa shape index (κ2) is 6.46. The van der Waals surface area contributed by atoms with Crippen molar-refractivity contribution in [1.29, 1.82) is 0 Å². The molecule has 0 amide bonds. The Hall–Kier alpha value is -1.06. The van der Waals surface area contributed by atoms with Crippen LogP contribution in [0.5, 0.6) is 0 Å². The third kappa shape index (κ3) is 6.13. The van der Waals surface area contributed by atoms with Crippen LogP contribution in [0.3, 0.4) is 0 Å². The fourth-order valence-corrected chi connectivity index (χ4v) is 0.780. The molecule has 0 saturated heterocycles. The Kier molecular flexibility index (Phi) is 5.93. The zero-order valence-electron chi connectivity index (χ0n) is 8.41. The van der Waals surface area contributed by atoms with Gasteiger partial charge in [-0.15, -0.1) is 0 Å². The summed E-state index contributed by atoms with van der Waals surface area (Å²) in [4.78, 5) is 15.5. The van der Waals surface area contributed by atoms with Crippen LogP contribution in [0.15, 0.2) is 5.16 Å². The van der Waals surface area contributed by atoms with Gasteiger partial charge in [-0.05, 0) is 26.7 Å². The molecule has 0 aliphatic carbocycles. The zero-order chi connectivity index (χ0) is 10.3. The summed E-state index contributed by atoms with van der Waals surface area (Å²) in [5.41, 5.74) is 0.725. The molecule has 76 valence electrons. The number of unbranched alkanes of at least 4 members (excludes halogenated alkanes) is 1. The molecule has 0 unspecified atom stereocenters. The molecule has 0 heterocycles. The summed E-state index contributed by atoms with van der Waals surface area (Å²) in [5, 5.41) is 12.4. The second-order valence-corrected chi connectivity index (χ2v) is 3.11. The Balaban J connectivity index is 3.95. The first-order valence-electron chi connectivity index (χ1n) is 4.47. The minimum Gasteiger partial charge on any atom is -0.478 e. The number of nitrogens with zero attached hydrogens (tertiary/aromatic N) is 1. The summed E-state index contributed by atoms with van der Waals surface area (Å²) in [6.45, 7) is 5.53. The van der Waals surface area contributed by atoms with Crippen molar-refractivity contribution in [3.05, 3.63) is 0 Å². The van der Waals surface area contributed by atoms with Crippen LogP contribution in [0.1, 0.15) is 40.0 Å². The maximum atomic E-state index is 10.6. The molecule has 1 N–H and O–H groups in total. The van der Waals surface area contributed by atoms with Crippen molar-refractivity contribution in [2.45, 2.75) is 46.1 Å². The highest BCUT2D eigenvalue weighted by Gasteiger charge is 2.17. The molecular formula is C9H17NO3. The van der Waals surface area contributed by atoms with E-state index in [-0.39, 0.29) is 0 Å². The molecule has 0 aliphatic rings. The first-order valence-corrected chi connectivity index (χ1v) is 4.47. The molecule has 0 aromatic carbocycles. The Morgan fingerprint density at radius 1 is 1.54 bits per heavy atom. The van der Waals surface area contributed by atoms with Gasteiger partial charge < -0.3 is 9.94 Å². The molecule has 0 fully saturated rings. The quantitative estimate of drug-likeness (QED) is 0.511. The van der Waals surface area contributed by atoms with Gasteiger partial charge in [-0.1, -0.05) is 18.5 Å². The van der Waals surface area contributed by atoms with Crippen molar-refractivity contribution in [2.75, 3.05) is 0 Å². The molecule has 0 spiro atoms. The van der Waals surface area contributed by atoms with Crippen LogP contribution < -0.4 is 0 Å². The van der Waals surface area contributed by atoms with E-state index in [4.69, 9.17) is 9.94 Å². The number of oxime groups is 1. The van der Waals surface area contributed by atoms with Crippen LogP contribution in [-0.2, 0) is 9.63 Å². The third-order valence-corrected chi connectivity index (χ3v) is 1.46. The van der Waals surface area contributed by atoms with Gasteiger partial charge in [-0.3, -0.25) is 0 Å². The average Bonchev–Trinajstić information content (AvgIpc) is 2.03. The van der Waals surface area contributed by atoms with Gasteiger partial charge in [-0.25, -0.2) is 4.79 Å². The molecule has 13 heavy (non-hydrogen) atoms. The van der Waals surface area contributed by atoms with Gasteiger partial charge in [0.25, 0.3) is 0 Å². The number of rotatable bonds is 6. The molecule has 0 radical (unpaired) electrons. The molecule has 0 aromatic rings. The normalized spacial score (nSPS) is 11.9. The average molecular weight is 187 g/mol. The number of hydrogen-bond donors (Lipinski definition) is 1. The number of carboxylic acid groups (broad SMARTS) is 1. The first-order chi connectivity index (χ1) is 6.07. The molecule has 0 bridgehead atoms. The fourth-order valence-electron chi connectivity index (χ4n) is 0.780. The van der Waals surface area contributed by atoms with Crippen LogP contribution >= 0.6 is 0 Å². The summed E-state index contributed by atoms with van der Waals surface area (Å²) in [6, 6.07) is 0. The van der Waals surface area contributed by atoms with Crippen LogP contribution in [0.4, 0.5) is 0 Å². The molecule has 1 atom stereocenters. The van der Waals surface area contributed by atoms with E-state index in [0.29, 0.717) is 6.42 Å². The zero-order valence-corrected chi connectivity index (χ0v) is 8.41. The van der Waals surface area contributed by atoms with Crippen molar-refractivity contribution in [3.63, 3.8) is 0 Å². The highest BCUT2D eigenvalue weighted by molar-refractivity contribution is 5.78. The van der Waals surface area contributed by atoms with Gasteiger partial charge in [-0.2, -0.15) is 0 Å². The van der Waals surface area contributed by atoms with Gasteiger partial charge in [0.1, 0.15) is 0 Å². The lowest BCUT2D eigenvalue weighted by Crippen LogP contribution is -2.22. The number of aliphatic carboxylic acids is 1. The van der Waals surface area contributed by atoms with Crippen molar-refractivity contribution >= 4 is 11.7 Å². The lowest BCUT2D eigenvalue weighted by molar-refractivity contribution is -0.150. The van der Waals surface area contributed by atoms with Crippen molar-refractivity contribution in [3.8, 4) is 0 Å². The van der Waals surface area contributed by atoms with Gasteiger partial charge in [0, 0.05) is 0 Å². The number of carboxylic acids is 1. The largest absolute Gasteiger partial charge is 0.478 e. The van der Waals surface area contributed by atoms with E-state index >= 15 is 0 Å². The van der Waals surface area contributed by atoms with E-state index < -0.39 is 12.1 Å². The van der Waals surface area contributed by atoms with Crippen molar-refractivity contribution < 1.29 is 14.7 Å². The Morgan fingerprint density at radius 2 is 2.15 bits per heavy atom. The van der Waals surface area contributed by atoms with Gasteiger partial charge in [0.05, 0.1) is 5.71 Å². The standard InChI is InChI=1S/C9H17NO3/c1-4-5-6-8(9(11)12)13-10-7(2)3/h8H,4-6H2,1-3H3,(H,11,12)/t8-/m0/s1. The van der Waals surface area contributed by atoms with Gasteiger partial charge in [0.15, 0.2) is 0 Å². The lowest BCUT2D eigenvalue weighted by atomic mass is 10.2. The summed E-state index contributed by atoms with van der Waals surface area (Å²) in [5.74, 6) is -0.946. The van der Waals surface area contributed by atoms with Crippen molar-refractivity contribution in [2.24, 2.45) is 5.16 Å². The van der Waals surface area contributed by atoms with Gasteiger partial charge >= 0.3 is 5.97 Å². The van der Waals surface area contributed by atoms with Crippen molar-refractivity contribution in [1.82, 2.24) is 0 Å². The second-order valence-electron chi connectivity index (χ2n) is 3.11.